The summed E-state index contributed by atoms with van der Waals surface area (Å²) in [4.78, 5) is 16.9. The smallest absolute Gasteiger partial charge is 0.433 e. The molecule has 1 unspecified atom stereocenters. The Balaban J connectivity index is 1.56. The molecule has 1 aromatic carbocycles. The zero-order valence-corrected chi connectivity index (χ0v) is 18.0. The lowest BCUT2D eigenvalue weighted by atomic mass is 9.97. The average Bonchev–Trinajstić information content (AvgIpc) is 3.39. The van der Waals surface area contributed by atoms with Gasteiger partial charge in [-0.2, -0.15) is 13.2 Å². The summed E-state index contributed by atoms with van der Waals surface area (Å²) in [5.41, 5.74) is 1.85. The zero-order valence-electron chi connectivity index (χ0n) is 18.0. The Hall–Kier alpha value is -3.03. The number of rotatable bonds is 5. The molecule has 170 valence electrons. The molecule has 2 N–H and O–H groups in total. The van der Waals surface area contributed by atoms with Gasteiger partial charge in [-0.05, 0) is 55.2 Å². The third kappa shape index (κ3) is 4.31. The van der Waals surface area contributed by atoms with E-state index in [0.29, 0.717) is 11.3 Å². The molecule has 32 heavy (non-hydrogen) atoms. The second-order valence-corrected chi connectivity index (χ2v) is 8.56. The molecule has 2 heterocycles. The summed E-state index contributed by atoms with van der Waals surface area (Å²) in [5, 5.41) is 13.5. The molecule has 1 amide bonds. The predicted molar refractivity (Wildman–Crippen MR) is 115 cm³/mol. The van der Waals surface area contributed by atoms with Crippen LogP contribution in [0.15, 0.2) is 36.5 Å². The lowest BCUT2D eigenvalue weighted by Crippen LogP contribution is -2.28. The van der Waals surface area contributed by atoms with Crippen LogP contribution in [0.1, 0.15) is 67.0 Å². The topological polar surface area (TPSA) is 67.2 Å². The van der Waals surface area contributed by atoms with Crippen molar-refractivity contribution < 1.29 is 23.1 Å². The highest BCUT2D eigenvalue weighted by atomic mass is 19.4. The minimum absolute atomic E-state index is 0.0114. The number of halogens is 3. The summed E-state index contributed by atoms with van der Waals surface area (Å²) in [7, 11) is 1.87. The highest BCUT2D eigenvalue weighted by molar-refractivity contribution is 5.92. The first-order valence-corrected chi connectivity index (χ1v) is 10.8. The number of hydrogen-bond donors (Lipinski definition) is 2. The molecule has 0 radical (unpaired) electrons. The maximum absolute atomic E-state index is 13.2. The fourth-order valence-electron chi connectivity index (χ4n) is 4.60. The molecule has 1 fully saturated rings. The molecule has 0 spiro atoms. The lowest BCUT2D eigenvalue weighted by molar-refractivity contribution is -0.141. The summed E-state index contributed by atoms with van der Waals surface area (Å²) in [6.45, 7) is 1.90. The molecule has 0 saturated heterocycles. The quantitative estimate of drug-likeness (QED) is 0.555. The van der Waals surface area contributed by atoms with Crippen molar-refractivity contribution in [1.29, 1.82) is 0 Å². The van der Waals surface area contributed by atoms with Gasteiger partial charge in [0.2, 0.25) is 5.91 Å². The van der Waals surface area contributed by atoms with Gasteiger partial charge in [-0.15, -0.1) is 0 Å². The van der Waals surface area contributed by atoms with Gasteiger partial charge in [-0.25, -0.2) is 4.98 Å². The molecule has 3 aromatic rings. The first-order chi connectivity index (χ1) is 15.1. The number of aromatic hydroxyl groups is 1. The molecule has 1 atom stereocenters. The largest absolute Gasteiger partial charge is 0.508 e. The number of hydrogen-bond acceptors (Lipinski definition) is 3. The summed E-state index contributed by atoms with van der Waals surface area (Å²) >= 11 is 0. The number of aryl methyl sites for hydroxylation is 1. The maximum Gasteiger partial charge on any atom is 0.433 e. The summed E-state index contributed by atoms with van der Waals surface area (Å²) in [5.74, 6) is -0.631. The van der Waals surface area contributed by atoms with Crippen molar-refractivity contribution in [2.75, 3.05) is 0 Å². The Labute approximate surface area is 184 Å². The van der Waals surface area contributed by atoms with Crippen molar-refractivity contribution >= 4 is 16.8 Å². The normalized spacial score (nSPS) is 15.9. The van der Waals surface area contributed by atoms with Crippen LogP contribution in [0, 0.1) is 0 Å². The number of aromatic nitrogens is 2. The van der Waals surface area contributed by atoms with Crippen LogP contribution >= 0.6 is 0 Å². The van der Waals surface area contributed by atoms with E-state index >= 15 is 0 Å². The Kier molecular flexibility index (Phi) is 5.88. The molecule has 0 aliphatic heterocycles. The van der Waals surface area contributed by atoms with Crippen molar-refractivity contribution in [1.82, 2.24) is 14.9 Å². The van der Waals surface area contributed by atoms with Gasteiger partial charge in [0.25, 0.3) is 0 Å². The van der Waals surface area contributed by atoms with Crippen LogP contribution in [0.25, 0.3) is 10.9 Å². The van der Waals surface area contributed by atoms with Gasteiger partial charge < -0.3 is 15.0 Å². The van der Waals surface area contributed by atoms with Crippen LogP contribution in [0.3, 0.4) is 0 Å². The van der Waals surface area contributed by atoms with Gasteiger partial charge in [0.1, 0.15) is 11.4 Å². The minimum Gasteiger partial charge on any atom is -0.508 e. The number of benzene rings is 1. The SMILES string of the molecule is CC(C(=O)NCc1ccc(C(F)(F)F)nc1C1CCCC1)c1cn(C)c2ccc(O)cc12. The molecule has 5 nitrogen and oxygen atoms in total. The number of phenols is 1. The number of alkyl halides is 3. The standard InChI is InChI=1S/C24H26F3N3O2/c1-14(19-13-30(2)20-9-8-17(31)11-18(19)20)23(32)28-12-16-7-10-21(24(25,26)27)29-22(16)15-5-3-4-6-15/h7-11,13-15,31H,3-6,12H2,1-2H3,(H,28,32). The van der Waals surface area contributed by atoms with E-state index in [1.54, 1.807) is 25.1 Å². The van der Waals surface area contributed by atoms with Crippen LogP contribution in [0.4, 0.5) is 13.2 Å². The van der Waals surface area contributed by atoms with E-state index in [1.807, 2.05) is 17.8 Å². The van der Waals surface area contributed by atoms with E-state index in [4.69, 9.17) is 0 Å². The zero-order chi connectivity index (χ0) is 23.0. The van der Waals surface area contributed by atoms with Gasteiger partial charge in [0, 0.05) is 42.3 Å². The number of carbonyl (C=O) groups is 1. The van der Waals surface area contributed by atoms with E-state index in [9.17, 15) is 23.1 Å². The Morgan fingerprint density at radius 2 is 1.97 bits per heavy atom. The molecular formula is C24H26F3N3O2. The van der Waals surface area contributed by atoms with Crippen molar-refractivity contribution in [3.63, 3.8) is 0 Å². The van der Waals surface area contributed by atoms with Crippen LogP contribution < -0.4 is 5.32 Å². The lowest BCUT2D eigenvalue weighted by Gasteiger charge is -2.18. The molecule has 1 saturated carbocycles. The second-order valence-electron chi connectivity index (χ2n) is 8.56. The molecule has 0 bridgehead atoms. The van der Waals surface area contributed by atoms with Gasteiger partial charge in [-0.3, -0.25) is 4.79 Å². The minimum atomic E-state index is -4.50. The van der Waals surface area contributed by atoms with Crippen LogP contribution in [-0.4, -0.2) is 20.6 Å². The van der Waals surface area contributed by atoms with E-state index in [-0.39, 0.29) is 24.1 Å². The number of phenolic OH excluding ortho intramolecular Hbond substituents is 1. The molecule has 1 aliphatic rings. The van der Waals surface area contributed by atoms with Crippen LogP contribution in [0.5, 0.6) is 5.75 Å². The third-order valence-electron chi connectivity index (χ3n) is 6.36. The number of amides is 1. The number of fused-ring (bicyclic) bond motifs is 1. The van der Waals surface area contributed by atoms with Gasteiger partial charge >= 0.3 is 6.18 Å². The summed E-state index contributed by atoms with van der Waals surface area (Å²) in [6.07, 6.45) is 0.927. The molecule has 4 rings (SSSR count). The number of pyridine rings is 1. The van der Waals surface area contributed by atoms with Crippen molar-refractivity contribution in [2.24, 2.45) is 7.05 Å². The highest BCUT2D eigenvalue weighted by Gasteiger charge is 2.34. The monoisotopic (exact) mass is 445 g/mol. The van der Waals surface area contributed by atoms with Gasteiger partial charge in [0.15, 0.2) is 0 Å². The van der Waals surface area contributed by atoms with E-state index in [2.05, 4.69) is 10.3 Å². The molecular weight excluding hydrogens is 419 g/mol. The Morgan fingerprint density at radius 3 is 2.66 bits per heavy atom. The predicted octanol–water partition coefficient (Wildman–Crippen LogP) is 5.38. The summed E-state index contributed by atoms with van der Waals surface area (Å²) < 4.78 is 41.5. The average molecular weight is 445 g/mol. The molecule has 1 aliphatic carbocycles. The molecule has 8 heteroatoms. The highest BCUT2D eigenvalue weighted by Crippen LogP contribution is 2.37. The molecule has 2 aromatic heterocycles. The van der Waals surface area contributed by atoms with E-state index < -0.39 is 17.8 Å². The van der Waals surface area contributed by atoms with Gasteiger partial charge in [0.05, 0.1) is 5.92 Å². The Bertz CT molecular complexity index is 1150. The Morgan fingerprint density at radius 1 is 1.25 bits per heavy atom. The van der Waals surface area contributed by atoms with Crippen molar-refractivity contribution in [2.45, 2.75) is 57.2 Å². The first-order valence-electron chi connectivity index (χ1n) is 10.8. The third-order valence-corrected chi connectivity index (χ3v) is 6.36. The number of nitrogens with zero attached hydrogens (tertiary/aromatic N) is 2. The van der Waals surface area contributed by atoms with Crippen LogP contribution in [-0.2, 0) is 24.6 Å². The van der Waals surface area contributed by atoms with Crippen LogP contribution in [0.2, 0.25) is 0 Å². The number of carbonyl (C=O) groups excluding carboxylic acids is 1. The number of nitrogens with one attached hydrogen (secondary N) is 1. The summed E-state index contributed by atoms with van der Waals surface area (Å²) in [6, 6.07) is 7.44. The fourth-order valence-corrected chi connectivity index (χ4v) is 4.60. The van der Waals surface area contributed by atoms with Crippen molar-refractivity contribution in [3.05, 3.63) is 59.0 Å². The van der Waals surface area contributed by atoms with Gasteiger partial charge in [-0.1, -0.05) is 18.9 Å². The second kappa shape index (κ2) is 8.48. The maximum atomic E-state index is 13.2. The fraction of sp³-hybridized carbons (Fsp3) is 0.417. The first kappa shape index (κ1) is 22.2. The van der Waals surface area contributed by atoms with Crippen molar-refractivity contribution in [3.8, 4) is 5.75 Å². The van der Waals surface area contributed by atoms with E-state index in [0.717, 1.165) is 48.2 Å². The van der Waals surface area contributed by atoms with E-state index in [1.165, 1.54) is 6.07 Å².